The number of benzene rings is 3. The highest BCUT2D eigenvalue weighted by Crippen LogP contribution is 2.38. The van der Waals surface area contributed by atoms with Gasteiger partial charge in [0.2, 0.25) is 0 Å². The van der Waals surface area contributed by atoms with Crippen LogP contribution in [0.25, 0.3) is 11.1 Å². The maximum absolute atomic E-state index is 12.2. The molecule has 6 heteroatoms. The SMILES string of the molecule is O=C(N[C@@H](CO)C(=O)OCc1ccccc1)OCc1cccc2c1Cc1ccccc1-2. The maximum atomic E-state index is 12.2. The van der Waals surface area contributed by atoms with Crippen molar-refractivity contribution >= 4 is 12.1 Å². The molecule has 31 heavy (non-hydrogen) atoms. The maximum Gasteiger partial charge on any atom is 0.408 e. The summed E-state index contributed by atoms with van der Waals surface area (Å²) in [7, 11) is 0. The lowest BCUT2D eigenvalue weighted by Gasteiger charge is -2.16. The van der Waals surface area contributed by atoms with Crippen molar-refractivity contribution in [1.82, 2.24) is 5.32 Å². The Hall–Kier alpha value is -3.64. The number of ether oxygens (including phenoxy) is 2. The number of rotatable bonds is 7. The van der Waals surface area contributed by atoms with Crippen molar-refractivity contribution in [2.75, 3.05) is 6.61 Å². The fraction of sp³-hybridized carbons (Fsp3) is 0.200. The molecule has 1 atom stereocenters. The molecule has 4 rings (SSSR count). The summed E-state index contributed by atoms with van der Waals surface area (Å²) in [6, 6.07) is 22.1. The van der Waals surface area contributed by atoms with Crippen LogP contribution in [0.2, 0.25) is 0 Å². The standard InChI is InChI=1S/C25H23NO5/c27-14-23(24(28)30-15-17-7-2-1-3-8-17)26-25(29)31-16-19-10-6-12-21-20-11-5-4-9-18(20)13-22(19)21/h1-12,23,27H,13-16H2,(H,26,29)/t23-/m0/s1. The van der Waals surface area contributed by atoms with Gasteiger partial charge in [0.05, 0.1) is 6.61 Å². The predicted octanol–water partition coefficient (Wildman–Crippen LogP) is 3.59. The number of nitrogens with one attached hydrogen (secondary N) is 1. The van der Waals surface area contributed by atoms with Gasteiger partial charge in [0.1, 0.15) is 13.2 Å². The molecule has 1 aliphatic rings. The van der Waals surface area contributed by atoms with E-state index in [1.54, 1.807) is 0 Å². The minimum absolute atomic E-state index is 0.0591. The molecule has 0 radical (unpaired) electrons. The number of carbonyl (C=O) groups is 2. The Morgan fingerprint density at radius 2 is 1.61 bits per heavy atom. The normalized spacial score (nSPS) is 12.4. The van der Waals surface area contributed by atoms with Crippen molar-refractivity contribution in [2.24, 2.45) is 0 Å². The third-order valence-electron chi connectivity index (χ3n) is 5.29. The number of aliphatic hydroxyl groups is 1. The summed E-state index contributed by atoms with van der Waals surface area (Å²) in [6.45, 7) is -0.456. The highest BCUT2D eigenvalue weighted by atomic mass is 16.6. The molecular weight excluding hydrogens is 394 g/mol. The summed E-state index contributed by atoms with van der Waals surface area (Å²) in [5, 5.41) is 11.9. The van der Waals surface area contributed by atoms with Crippen LogP contribution in [0, 0.1) is 0 Å². The first kappa shape index (κ1) is 20.6. The molecule has 3 aromatic carbocycles. The van der Waals surface area contributed by atoms with Crippen molar-refractivity contribution in [1.29, 1.82) is 0 Å². The van der Waals surface area contributed by atoms with Crippen LogP contribution in [-0.2, 0) is 33.9 Å². The number of hydrogen-bond acceptors (Lipinski definition) is 5. The van der Waals surface area contributed by atoms with Gasteiger partial charge < -0.3 is 19.9 Å². The zero-order valence-electron chi connectivity index (χ0n) is 16.9. The molecule has 3 aromatic rings. The number of esters is 1. The molecule has 0 saturated carbocycles. The van der Waals surface area contributed by atoms with Gasteiger partial charge in [-0.1, -0.05) is 72.8 Å². The molecule has 2 N–H and O–H groups in total. The van der Waals surface area contributed by atoms with Gasteiger partial charge in [0.15, 0.2) is 6.04 Å². The lowest BCUT2D eigenvalue weighted by Crippen LogP contribution is -2.44. The smallest absolute Gasteiger partial charge is 0.408 e. The van der Waals surface area contributed by atoms with Gasteiger partial charge in [-0.25, -0.2) is 9.59 Å². The molecule has 158 valence electrons. The molecule has 1 aliphatic carbocycles. The Morgan fingerprint density at radius 3 is 2.42 bits per heavy atom. The fourth-order valence-electron chi connectivity index (χ4n) is 3.69. The van der Waals surface area contributed by atoms with E-state index in [2.05, 4.69) is 23.5 Å². The minimum Gasteiger partial charge on any atom is -0.459 e. The van der Waals surface area contributed by atoms with Crippen molar-refractivity contribution in [2.45, 2.75) is 25.7 Å². The highest BCUT2D eigenvalue weighted by Gasteiger charge is 2.24. The zero-order chi connectivity index (χ0) is 21.6. The van der Waals surface area contributed by atoms with Crippen molar-refractivity contribution < 1.29 is 24.2 Å². The van der Waals surface area contributed by atoms with Gasteiger partial charge in [-0.05, 0) is 39.8 Å². The summed E-state index contributed by atoms with van der Waals surface area (Å²) >= 11 is 0. The molecule has 0 fully saturated rings. The molecular formula is C25H23NO5. The van der Waals surface area contributed by atoms with E-state index in [1.807, 2.05) is 54.6 Å². The van der Waals surface area contributed by atoms with Crippen molar-refractivity contribution in [3.8, 4) is 11.1 Å². The van der Waals surface area contributed by atoms with Gasteiger partial charge in [-0.2, -0.15) is 0 Å². The first-order valence-electron chi connectivity index (χ1n) is 10.1. The Kier molecular flexibility index (Phi) is 6.29. The third kappa shape index (κ3) is 4.75. The van der Waals surface area contributed by atoms with E-state index < -0.39 is 24.7 Å². The highest BCUT2D eigenvalue weighted by molar-refractivity contribution is 5.81. The Balaban J connectivity index is 1.32. The van der Waals surface area contributed by atoms with Crippen LogP contribution in [-0.4, -0.2) is 29.8 Å². The minimum atomic E-state index is -1.19. The number of hydrogen-bond donors (Lipinski definition) is 2. The zero-order valence-corrected chi connectivity index (χ0v) is 16.9. The van der Waals surface area contributed by atoms with Gasteiger partial charge in [0.25, 0.3) is 0 Å². The van der Waals surface area contributed by atoms with Crippen LogP contribution in [0.1, 0.15) is 22.3 Å². The predicted molar refractivity (Wildman–Crippen MR) is 115 cm³/mol. The lowest BCUT2D eigenvalue weighted by atomic mass is 10.0. The molecule has 0 aromatic heterocycles. The number of aliphatic hydroxyl groups excluding tert-OH is 1. The van der Waals surface area contributed by atoms with Crippen molar-refractivity contribution in [3.05, 3.63) is 95.1 Å². The first-order valence-corrected chi connectivity index (χ1v) is 10.1. The van der Waals surface area contributed by atoms with Crippen LogP contribution in [0.3, 0.4) is 0 Å². The van der Waals surface area contributed by atoms with Crippen LogP contribution < -0.4 is 5.32 Å². The second-order valence-electron chi connectivity index (χ2n) is 7.33. The van der Waals surface area contributed by atoms with Crippen LogP contribution in [0.15, 0.2) is 72.8 Å². The molecule has 0 unspecified atom stereocenters. The van der Waals surface area contributed by atoms with E-state index in [-0.39, 0.29) is 13.2 Å². The molecule has 6 nitrogen and oxygen atoms in total. The molecule has 0 saturated heterocycles. The molecule has 0 spiro atoms. The third-order valence-corrected chi connectivity index (χ3v) is 5.29. The Morgan fingerprint density at radius 1 is 0.871 bits per heavy atom. The number of alkyl carbamates (subject to hydrolysis) is 1. The van der Waals surface area contributed by atoms with Gasteiger partial charge >= 0.3 is 12.1 Å². The van der Waals surface area contributed by atoms with E-state index in [4.69, 9.17) is 9.47 Å². The second kappa shape index (κ2) is 9.45. The summed E-state index contributed by atoms with van der Waals surface area (Å²) in [5.41, 5.74) is 6.46. The van der Waals surface area contributed by atoms with Crippen LogP contribution >= 0.6 is 0 Å². The van der Waals surface area contributed by atoms with E-state index >= 15 is 0 Å². The molecule has 0 aliphatic heterocycles. The fourth-order valence-corrected chi connectivity index (χ4v) is 3.69. The molecule has 0 bridgehead atoms. The van der Waals surface area contributed by atoms with Gasteiger partial charge in [-0.15, -0.1) is 0 Å². The van der Waals surface area contributed by atoms with Crippen LogP contribution in [0.5, 0.6) is 0 Å². The number of carbonyl (C=O) groups excluding carboxylic acids is 2. The first-order chi connectivity index (χ1) is 15.2. The quantitative estimate of drug-likeness (QED) is 0.449. The molecule has 0 heterocycles. The Labute approximate surface area is 180 Å². The van der Waals surface area contributed by atoms with E-state index in [0.29, 0.717) is 0 Å². The average Bonchev–Trinajstić information content (AvgIpc) is 3.19. The van der Waals surface area contributed by atoms with E-state index in [0.717, 1.165) is 28.7 Å². The Bertz CT molecular complexity index is 1080. The summed E-state index contributed by atoms with van der Waals surface area (Å²) < 4.78 is 10.5. The topological polar surface area (TPSA) is 84.9 Å². The van der Waals surface area contributed by atoms with Gasteiger partial charge in [-0.3, -0.25) is 0 Å². The average molecular weight is 417 g/mol. The summed E-state index contributed by atoms with van der Waals surface area (Å²) in [6.07, 6.45) is 0.00130. The summed E-state index contributed by atoms with van der Waals surface area (Å²) in [4.78, 5) is 24.4. The second-order valence-corrected chi connectivity index (χ2v) is 7.33. The van der Waals surface area contributed by atoms with E-state index in [9.17, 15) is 14.7 Å². The largest absolute Gasteiger partial charge is 0.459 e. The number of amides is 1. The summed E-state index contributed by atoms with van der Waals surface area (Å²) in [5.74, 6) is -0.723. The van der Waals surface area contributed by atoms with Gasteiger partial charge in [0, 0.05) is 0 Å². The monoisotopic (exact) mass is 417 g/mol. The van der Waals surface area contributed by atoms with Crippen LogP contribution in [0.4, 0.5) is 4.79 Å². The van der Waals surface area contributed by atoms with E-state index in [1.165, 1.54) is 11.1 Å². The number of fused-ring (bicyclic) bond motifs is 3. The van der Waals surface area contributed by atoms with Crippen molar-refractivity contribution in [3.63, 3.8) is 0 Å². The lowest BCUT2D eigenvalue weighted by molar-refractivity contribution is -0.148. The molecule has 1 amide bonds.